The number of aromatic nitrogens is 3. The summed E-state index contributed by atoms with van der Waals surface area (Å²) in [5.74, 6) is -10.3. The van der Waals surface area contributed by atoms with E-state index in [1.54, 1.807) is 0 Å². The number of nitrogens with two attached hydrogens (primary N) is 1. The Morgan fingerprint density at radius 1 is 1.04 bits per heavy atom. The Bertz CT molecular complexity index is 1850. The fourth-order valence-corrected chi connectivity index (χ4v) is 5.30. The van der Waals surface area contributed by atoms with E-state index >= 15 is 0 Å². The van der Waals surface area contributed by atoms with Gasteiger partial charge in [-0.05, 0) is 47.9 Å². The highest BCUT2D eigenvalue weighted by Crippen LogP contribution is 2.44. The molecule has 5 rings (SSSR count). The Hall–Kier alpha value is -5.15. The summed E-state index contributed by atoms with van der Waals surface area (Å²) in [6.45, 7) is -1.21. The number of fused-ring (bicyclic) bond motifs is 1. The van der Waals surface area contributed by atoms with Crippen LogP contribution in [0.25, 0.3) is 11.1 Å². The molecule has 0 radical (unpaired) electrons. The highest BCUT2D eigenvalue weighted by atomic mass is 19.4. The van der Waals surface area contributed by atoms with E-state index in [1.807, 2.05) is 0 Å². The Balaban J connectivity index is 1.57. The standard InChI is InChI=1S/C30H21F8N5O3/c31-16-8-14(9-17(32)12-16)10-21(25-18(2-1-7-40-25)15-3-4-20(33)19(11-15)28(39)46)41-23(45)13-43-27-24(26(42-43)30(36,37)38)22(44)5-6-29(27,34)35/h1-4,7-9,11-12,21H,5-6,10,13H2,(H2,39,46)(H,41,45). The number of ketones is 1. The number of hydrogen-bond acceptors (Lipinski definition) is 5. The number of benzene rings is 2. The highest BCUT2D eigenvalue weighted by molar-refractivity contribution is 6.00. The largest absolute Gasteiger partial charge is 0.435 e. The molecule has 2 heterocycles. The predicted molar refractivity (Wildman–Crippen MR) is 144 cm³/mol. The minimum absolute atomic E-state index is 0.00992. The van der Waals surface area contributed by atoms with Gasteiger partial charge in [0.1, 0.15) is 29.7 Å². The van der Waals surface area contributed by atoms with Crippen LogP contribution in [-0.2, 0) is 29.9 Å². The lowest BCUT2D eigenvalue weighted by atomic mass is 9.91. The molecule has 0 saturated heterocycles. The number of primary amides is 1. The first-order valence-electron chi connectivity index (χ1n) is 13.4. The summed E-state index contributed by atoms with van der Waals surface area (Å²) in [7, 11) is 0. The summed E-state index contributed by atoms with van der Waals surface area (Å²) in [6.07, 6.45) is -6.36. The number of carbonyl (C=O) groups is 3. The maximum absolute atomic E-state index is 14.9. The van der Waals surface area contributed by atoms with Crippen LogP contribution in [0.15, 0.2) is 54.7 Å². The molecule has 1 aliphatic rings. The Morgan fingerprint density at radius 2 is 1.74 bits per heavy atom. The summed E-state index contributed by atoms with van der Waals surface area (Å²) in [5.41, 5.74) is 0.562. The van der Waals surface area contributed by atoms with Crippen LogP contribution in [0.2, 0.25) is 0 Å². The molecule has 4 aromatic rings. The van der Waals surface area contributed by atoms with Gasteiger partial charge < -0.3 is 11.1 Å². The van der Waals surface area contributed by atoms with Gasteiger partial charge in [-0.3, -0.25) is 24.0 Å². The molecule has 0 fully saturated rings. The number of halogens is 8. The van der Waals surface area contributed by atoms with E-state index in [1.165, 1.54) is 24.4 Å². The van der Waals surface area contributed by atoms with Gasteiger partial charge in [0, 0.05) is 30.7 Å². The Kier molecular flexibility index (Phi) is 8.40. The van der Waals surface area contributed by atoms with Crippen molar-refractivity contribution in [1.29, 1.82) is 0 Å². The molecule has 0 aliphatic heterocycles. The molecule has 0 spiro atoms. The van der Waals surface area contributed by atoms with Crippen LogP contribution in [0.4, 0.5) is 35.1 Å². The third kappa shape index (κ3) is 6.46. The van der Waals surface area contributed by atoms with Crippen LogP contribution < -0.4 is 11.1 Å². The van der Waals surface area contributed by atoms with Crippen molar-refractivity contribution in [2.24, 2.45) is 5.73 Å². The second kappa shape index (κ2) is 12.0. The van der Waals surface area contributed by atoms with E-state index < -0.39 is 95.1 Å². The normalized spacial score (nSPS) is 14.9. The molecule has 1 aliphatic carbocycles. The van der Waals surface area contributed by atoms with Crippen LogP contribution in [0.3, 0.4) is 0 Å². The van der Waals surface area contributed by atoms with Crippen LogP contribution in [-0.4, -0.2) is 32.4 Å². The van der Waals surface area contributed by atoms with E-state index in [2.05, 4.69) is 15.4 Å². The molecule has 8 nitrogen and oxygen atoms in total. The van der Waals surface area contributed by atoms with Crippen LogP contribution in [0.1, 0.15) is 62.2 Å². The van der Waals surface area contributed by atoms with E-state index in [0.717, 1.165) is 24.3 Å². The molecule has 2 amide bonds. The number of pyridine rings is 1. The third-order valence-electron chi connectivity index (χ3n) is 7.21. The van der Waals surface area contributed by atoms with E-state index in [-0.39, 0.29) is 33.5 Å². The van der Waals surface area contributed by atoms with Crippen molar-refractivity contribution < 1.29 is 49.5 Å². The predicted octanol–water partition coefficient (Wildman–Crippen LogP) is 5.65. The fourth-order valence-electron chi connectivity index (χ4n) is 5.30. The smallest absolute Gasteiger partial charge is 0.366 e. The number of Topliss-reactive ketones (excluding diaryl/α,β-unsaturated/α-hetero) is 1. The van der Waals surface area contributed by atoms with Gasteiger partial charge in [-0.15, -0.1) is 0 Å². The van der Waals surface area contributed by atoms with Crippen molar-refractivity contribution in [1.82, 2.24) is 20.1 Å². The molecule has 1 atom stereocenters. The second-order valence-electron chi connectivity index (χ2n) is 10.5. The minimum atomic E-state index is -5.29. The number of rotatable bonds is 8. The molecule has 16 heteroatoms. The van der Waals surface area contributed by atoms with E-state index in [9.17, 15) is 49.5 Å². The first-order valence-corrected chi connectivity index (χ1v) is 13.4. The number of nitrogens with one attached hydrogen (secondary N) is 1. The van der Waals surface area contributed by atoms with Crippen molar-refractivity contribution in [2.75, 3.05) is 0 Å². The van der Waals surface area contributed by atoms with Crippen LogP contribution >= 0.6 is 0 Å². The zero-order chi connectivity index (χ0) is 33.6. The molecule has 46 heavy (non-hydrogen) atoms. The molecule has 3 N–H and O–H groups in total. The molecule has 0 saturated carbocycles. The molecule has 2 aromatic carbocycles. The minimum Gasteiger partial charge on any atom is -0.366 e. The van der Waals surface area contributed by atoms with Crippen LogP contribution in [0.5, 0.6) is 0 Å². The summed E-state index contributed by atoms with van der Waals surface area (Å²) in [5, 5.41) is 5.61. The number of hydrogen-bond donors (Lipinski definition) is 2. The second-order valence-corrected chi connectivity index (χ2v) is 10.5. The first kappa shape index (κ1) is 32.2. The maximum Gasteiger partial charge on any atom is 0.435 e. The number of nitrogens with zero attached hydrogens (tertiary/aromatic N) is 3. The zero-order valence-electron chi connectivity index (χ0n) is 23.3. The van der Waals surface area contributed by atoms with Crippen molar-refractivity contribution in [2.45, 2.75) is 43.9 Å². The topological polar surface area (TPSA) is 120 Å². The van der Waals surface area contributed by atoms with Gasteiger partial charge in [0.15, 0.2) is 11.5 Å². The Labute approximate surface area is 254 Å². The van der Waals surface area contributed by atoms with Gasteiger partial charge in [0.05, 0.1) is 22.9 Å². The molecular weight excluding hydrogens is 630 g/mol. The molecule has 1 unspecified atom stereocenters. The van der Waals surface area contributed by atoms with Gasteiger partial charge in [-0.25, -0.2) is 13.2 Å². The van der Waals surface area contributed by atoms with E-state index in [4.69, 9.17) is 5.73 Å². The summed E-state index contributed by atoms with van der Waals surface area (Å²) < 4.78 is 113. The van der Waals surface area contributed by atoms with Gasteiger partial charge in [-0.2, -0.15) is 27.1 Å². The summed E-state index contributed by atoms with van der Waals surface area (Å²) >= 11 is 0. The third-order valence-corrected chi connectivity index (χ3v) is 7.21. The highest BCUT2D eigenvalue weighted by Gasteiger charge is 2.51. The lowest BCUT2D eigenvalue weighted by Crippen LogP contribution is -2.36. The fraction of sp³-hybridized carbons (Fsp3) is 0.233. The number of alkyl halides is 5. The number of carbonyl (C=O) groups excluding carboxylic acids is 3. The van der Waals surface area contributed by atoms with Crippen molar-refractivity contribution in [3.63, 3.8) is 0 Å². The van der Waals surface area contributed by atoms with Gasteiger partial charge >= 0.3 is 6.18 Å². The average molecular weight is 652 g/mol. The summed E-state index contributed by atoms with van der Waals surface area (Å²) in [4.78, 5) is 41.6. The Morgan fingerprint density at radius 3 is 2.39 bits per heavy atom. The van der Waals surface area contributed by atoms with Crippen LogP contribution in [0, 0.1) is 17.5 Å². The van der Waals surface area contributed by atoms with Gasteiger partial charge in [0.2, 0.25) is 5.91 Å². The zero-order valence-corrected chi connectivity index (χ0v) is 23.3. The monoisotopic (exact) mass is 651 g/mol. The first-order chi connectivity index (χ1) is 21.5. The van der Waals surface area contributed by atoms with Crippen molar-refractivity contribution in [3.8, 4) is 11.1 Å². The SMILES string of the molecule is NC(=O)c1cc(-c2cccnc2C(Cc2cc(F)cc(F)c2)NC(=O)Cn2nc(C(F)(F)F)c3c2C(F)(F)CCC3=O)ccc1F. The maximum atomic E-state index is 14.9. The molecule has 0 bridgehead atoms. The van der Waals surface area contributed by atoms with Crippen molar-refractivity contribution >= 4 is 17.6 Å². The van der Waals surface area contributed by atoms with Gasteiger partial charge in [0.25, 0.3) is 11.8 Å². The summed E-state index contributed by atoms with van der Waals surface area (Å²) in [6, 6.07) is 7.36. The van der Waals surface area contributed by atoms with Crippen molar-refractivity contribution in [3.05, 3.63) is 106 Å². The average Bonchev–Trinajstić information content (AvgIpc) is 3.36. The lowest BCUT2D eigenvalue weighted by molar-refractivity contribution is -0.142. The van der Waals surface area contributed by atoms with Gasteiger partial charge in [-0.1, -0.05) is 12.1 Å². The molecule has 240 valence electrons. The quantitative estimate of drug-likeness (QED) is 0.239. The molecular formula is C30H21F8N5O3. The number of amides is 2. The lowest BCUT2D eigenvalue weighted by Gasteiger charge is -2.24. The molecule has 2 aromatic heterocycles. The van der Waals surface area contributed by atoms with E-state index in [0.29, 0.717) is 6.07 Å².